The van der Waals surface area contributed by atoms with E-state index in [1.54, 1.807) is 0 Å². The molecule has 0 bridgehead atoms. The molecule has 0 fully saturated rings. The second kappa shape index (κ2) is 36.8. The van der Waals surface area contributed by atoms with Crippen LogP contribution in [-0.2, 0) is 18.9 Å². The highest BCUT2D eigenvalue weighted by molar-refractivity contribution is 4.60. The Morgan fingerprint density at radius 1 is 0.350 bits per heavy atom. The van der Waals surface area contributed by atoms with Crippen LogP contribution in [0.5, 0.6) is 0 Å². The first kappa shape index (κ1) is 39.8. The maximum atomic E-state index is 8.66. The van der Waals surface area contributed by atoms with Gasteiger partial charge in [0.2, 0.25) is 0 Å². The summed E-state index contributed by atoms with van der Waals surface area (Å²) in [6.45, 7) is 12.7. The molecule has 0 atom stereocenters. The molecular weight excluding hydrogens is 502 g/mol. The van der Waals surface area contributed by atoms with E-state index in [1.165, 1.54) is 142 Å². The molecule has 0 saturated heterocycles. The zero-order valence-electron chi connectivity index (χ0n) is 27.2. The van der Waals surface area contributed by atoms with E-state index >= 15 is 0 Å². The minimum absolute atomic E-state index is 0.0550. The molecule has 0 rings (SSSR count). The van der Waals surface area contributed by atoms with E-state index < -0.39 is 0 Å². The SMILES string of the molecule is CCCCCCCCCCCCN(CCCCCCCCCCCC)CCOCCOCCOCCOCCO. The highest BCUT2D eigenvalue weighted by atomic mass is 16.6. The molecule has 0 saturated carbocycles. The number of nitrogens with zero attached hydrogens (tertiary/aromatic N) is 1. The zero-order chi connectivity index (χ0) is 29.0. The van der Waals surface area contributed by atoms with Gasteiger partial charge in [-0.3, -0.25) is 0 Å². The lowest BCUT2D eigenvalue weighted by molar-refractivity contribution is -0.00725. The van der Waals surface area contributed by atoms with E-state index in [0.717, 1.165) is 13.2 Å². The van der Waals surface area contributed by atoms with Crippen molar-refractivity contribution in [1.29, 1.82) is 0 Å². The first-order valence-corrected chi connectivity index (χ1v) is 17.5. The van der Waals surface area contributed by atoms with Gasteiger partial charge in [0.1, 0.15) is 0 Å². The van der Waals surface area contributed by atoms with Crippen molar-refractivity contribution in [2.45, 2.75) is 142 Å². The van der Waals surface area contributed by atoms with Crippen molar-refractivity contribution >= 4 is 0 Å². The Morgan fingerprint density at radius 3 is 1.00 bits per heavy atom. The first-order valence-electron chi connectivity index (χ1n) is 17.5. The number of aliphatic hydroxyl groups excluding tert-OH is 1. The number of aliphatic hydroxyl groups is 1. The topological polar surface area (TPSA) is 60.4 Å². The van der Waals surface area contributed by atoms with Crippen molar-refractivity contribution in [1.82, 2.24) is 4.90 Å². The van der Waals surface area contributed by atoms with Gasteiger partial charge in [0.25, 0.3) is 0 Å². The van der Waals surface area contributed by atoms with Gasteiger partial charge in [0.15, 0.2) is 0 Å². The molecule has 0 aromatic heterocycles. The van der Waals surface area contributed by atoms with Crippen LogP contribution in [0.4, 0.5) is 0 Å². The van der Waals surface area contributed by atoms with Crippen LogP contribution in [0.2, 0.25) is 0 Å². The van der Waals surface area contributed by atoms with Crippen LogP contribution in [0.15, 0.2) is 0 Å². The molecule has 0 radical (unpaired) electrons. The highest BCUT2D eigenvalue weighted by Crippen LogP contribution is 2.13. The monoisotopic (exact) mass is 574 g/mol. The van der Waals surface area contributed by atoms with Crippen LogP contribution in [0.1, 0.15) is 142 Å². The maximum Gasteiger partial charge on any atom is 0.0701 e. The summed E-state index contributed by atoms with van der Waals surface area (Å²) in [5.74, 6) is 0. The lowest BCUT2D eigenvalue weighted by atomic mass is 10.1. The minimum atomic E-state index is 0.0550. The van der Waals surface area contributed by atoms with E-state index in [4.69, 9.17) is 24.1 Å². The molecule has 0 aliphatic rings. The van der Waals surface area contributed by atoms with Gasteiger partial charge in [-0.05, 0) is 25.9 Å². The van der Waals surface area contributed by atoms with Gasteiger partial charge >= 0.3 is 0 Å². The molecular formula is C34H71NO5. The third-order valence-electron chi connectivity index (χ3n) is 7.56. The number of rotatable bonds is 36. The third kappa shape index (κ3) is 34.0. The molecule has 0 aromatic rings. The Kier molecular flexibility index (Phi) is 36.6. The lowest BCUT2D eigenvalue weighted by Gasteiger charge is -2.22. The molecule has 0 aromatic carbocycles. The van der Waals surface area contributed by atoms with Gasteiger partial charge in [0.05, 0.1) is 59.5 Å². The van der Waals surface area contributed by atoms with Crippen molar-refractivity contribution in [3.05, 3.63) is 0 Å². The molecule has 1 N–H and O–H groups in total. The molecule has 0 spiro atoms. The summed E-state index contributed by atoms with van der Waals surface area (Å²) in [6, 6.07) is 0. The predicted molar refractivity (Wildman–Crippen MR) is 170 cm³/mol. The number of ether oxygens (including phenoxy) is 4. The molecule has 0 amide bonds. The zero-order valence-corrected chi connectivity index (χ0v) is 27.2. The van der Waals surface area contributed by atoms with Gasteiger partial charge in [-0.25, -0.2) is 0 Å². The fraction of sp³-hybridized carbons (Fsp3) is 1.00. The Hall–Kier alpha value is -0.240. The average molecular weight is 574 g/mol. The van der Waals surface area contributed by atoms with E-state index in [2.05, 4.69) is 18.7 Å². The summed E-state index contributed by atoms with van der Waals surface area (Å²) >= 11 is 0. The van der Waals surface area contributed by atoms with Crippen molar-refractivity contribution in [3.8, 4) is 0 Å². The van der Waals surface area contributed by atoms with Gasteiger partial charge in [-0.15, -0.1) is 0 Å². The van der Waals surface area contributed by atoms with Crippen LogP contribution in [0.25, 0.3) is 0 Å². The van der Waals surface area contributed by atoms with Crippen LogP contribution >= 0.6 is 0 Å². The summed E-state index contributed by atoms with van der Waals surface area (Å²) in [6.07, 6.45) is 27.9. The van der Waals surface area contributed by atoms with Gasteiger partial charge in [-0.1, -0.05) is 129 Å². The Bertz CT molecular complexity index is 417. The van der Waals surface area contributed by atoms with E-state index in [1.807, 2.05) is 0 Å². The molecule has 0 heterocycles. The van der Waals surface area contributed by atoms with Gasteiger partial charge < -0.3 is 29.0 Å². The van der Waals surface area contributed by atoms with Crippen molar-refractivity contribution in [2.24, 2.45) is 0 Å². The Labute approximate surface area is 250 Å². The second-order valence-corrected chi connectivity index (χ2v) is 11.4. The predicted octanol–water partition coefficient (Wildman–Crippen LogP) is 8.19. The highest BCUT2D eigenvalue weighted by Gasteiger charge is 2.05. The molecule has 6 heteroatoms. The Morgan fingerprint density at radius 2 is 0.650 bits per heavy atom. The normalized spacial score (nSPS) is 11.7. The Balaban J connectivity index is 3.87. The van der Waals surface area contributed by atoms with Gasteiger partial charge in [-0.2, -0.15) is 0 Å². The van der Waals surface area contributed by atoms with Gasteiger partial charge in [0, 0.05) is 6.54 Å². The maximum absolute atomic E-state index is 8.66. The largest absolute Gasteiger partial charge is 0.394 e. The van der Waals surface area contributed by atoms with Crippen LogP contribution in [0.3, 0.4) is 0 Å². The van der Waals surface area contributed by atoms with Crippen molar-refractivity contribution in [3.63, 3.8) is 0 Å². The average Bonchev–Trinajstić information content (AvgIpc) is 2.97. The fourth-order valence-corrected chi connectivity index (χ4v) is 5.00. The van der Waals surface area contributed by atoms with Crippen LogP contribution in [0, 0.1) is 0 Å². The van der Waals surface area contributed by atoms with E-state index in [-0.39, 0.29) is 6.61 Å². The molecule has 0 unspecified atom stereocenters. The van der Waals surface area contributed by atoms with E-state index in [9.17, 15) is 0 Å². The standard InChI is InChI=1S/C34H71NO5/c1-3-5-7-9-11-13-15-17-19-21-23-35(24-22-20-18-16-14-12-10-8-6-4-2)25-27-37-29-31-39-33-34-40-32-30-38-28-26-36/h36H,3-34H2,1-2H3. The summed E-state index contributed by atoms with van der Waals surface area (Å²) < 4.78 is 22.1. The van der Waals surface area contributed by atoms with Crippen LogP contribution in [-0.4, -0.2) is 89.1 Å². The van der Waals surface area contributed by atoms with E-state index in [0.29, 0.717) is 46.2 Å². The number of hydrogen-bond acceptors (Lipinski definition) is 6. The second-order valence-electron chi connectivity index (χ2n) is 11.4. The summed E-state index contributed by atoms with van der Waals surface area (Å²) in [5.41, 5.74) is 0. The molecule has 40 heavy (non-hydrogen) atoms. The smallest absolute Gasteiger partial charge is 0.0701 e. The molecule has 242 valence electrons. The van der Waals surface area contributed by atoms with Crippen LogP contribution < -0.4 is 0 Å². The van der Waals surface area contributed by atoms with Crippen molar-refractivity contribution in [2.75, 3.05) is 79.1 Å². The summed E-state index contributed by atoms with van der Waals surface area (Å²) in [4.78, 5) is 2.64. The number of unbranched alkanes of at least 4 members (excludes halogenated alkanes) is 18. The molecule has 6 nitrogen and oxygen atoms in total. The first-order chi connectivity index (χ1) is 19.8. The summed E-state index contributed by atoms with van der Waals surface area (Å²) in [7, 11) is 0. The summed E-state index contributed by atoms with van der Waals surface area (Å²) in [5, 5.41) is 8.66. The molecule has 0 aliphatic heterocycles. The van der Waals surface area contributed by atoms with Crippen molar-refractivity contribution < 1.29 is 24.1 Å². The quantitative estimate of drug-likeness (QED) is 0.0763. The minimum Gasteiger partial charge on any atom is -0.394 e. The number of hydrogen-bond donors (Lipinski definition) is 1. The third-order valence-corrected chi connectivity index (χ3v) is 7.56. The fourth-order valence-electron chi connectivity index (χ4n) is 5.00. The lowest BCUT2D eigenvalue weighted by Crippen LogP contribution is -2.30. The molecule has 0 aliphatic carbocycles.